The molecule has 1 N–H and O–H groups in total. The van der Waals surface area contributed by atoms with Crippen molar-refractivity contribution in [3.05, 3.63) is 51.0 Å². The number of nitrogens with zero attached hydrogens (tertiary/aromatic N) is 1. The third-order valence-electron chi connectivity index (χ3n) is 3.03. The molecule has 2 aromatic rings. The summed E-state index contributed by atoms with van der Waals surface area (Å²) in [6, 6.07) is 7.04. The van der Waals surface area contributed by atoms with Crippen molar-refractivity contribution >= 4 is 21.4 Å². The molecule has 0 aliphatic rings. The van der Waals surface area contributed by atoms with Gasteiger partial charge in [-0.15, -0.1) is 11.3 Å². The van der Waals surface area contributed by atoms with Crippen LogP contribution in [0.4, 0.5) is 4.39 Å². The molecule has 0 amide bonds. The zero-order valence-corrected chi connectivity index (χ0v) is 13.1. The molecule has 0 fully saturated rings. The predicted octanol–water partition coefficient (Wildman–Crippen LogP) is 2.85. The highest BCUT2D eigenvalue weighted by Crippen LogP contribution is 2.22. The summed E-state index contributed by atoms with van der Waals surface area (Å²) >= 11 is 1.50. The van der Waals surface area contributed by atoms with Crippen LogP contribution in [0.3, 0.4) is 0 Å². The largest absolute Gasteiger partial charge is 0.242 e. The molecule has 0 aliphatic carbocycles. The maximum Gasteiger partial charge on any atom is 0.242 e. The van der Waals surface area contributed by atoms with E-state index in [1.165, 1.54) is 23.5 Å². The Labute approximate surface area is 126 Å². The van der Waals surface area contributed by atoms with Crippen molar-refractivity contribution < 1.29 is 12.8 Å². The van der Waals surface area contributed by atoms with E-state index in [1.807, 2.05) is 19.9 Å². The Morgan fingerprint density at radius 1 is 1.38 bits per heavy atom. The molecule has 0 atom stereocenters. The minimum absolute atomic E-state index is 0.114. The summed E-state index contributed by atoms with van der Waals surface area (Å²) in [5.41, 5.74) is 0.626. The topological polar surface area (TPSA) is 70.0 Å². The van der Waals surface area contributed by atoms with Crippen molar-refractivity contribution in [2.24, 2.45) is 0 Å². The van der Waals surface area contributed by atoms with Crippen LogP contribution in [0.1, 0.15) is 20.9 Å². The molecule has 21 heavy (non-hydrogen) atoms. The number of nitrogens with one attached hydrogen (secondary N) is 1. The van der Waals surface area contributed by atoms with Crippen molar-refractivity contribution in [2.75, 3.05) is 0 Å². The van der Waals surface area contributed by atoms with Gasteiger partial charge in [0, 0.05) is 16.3 Å². The van der Waals surface area contributed by atoms with Crippen LogP contribution in [0.5, 0.6) is 0 Å². The second-order valence-electron chi connectivity index (χ2n) is 4.50. The zero-order chi connectivity index (χ0) is 15.6. The molecule has 0 saturated carbocycles. The quantitative estimate of drug-likeness (QED) is 0.940. The Hall–Kier alpha value is -1.75. The van der Waals surface area contributed by atoms with Gasteiger partial charge in [0.1, 0.15) is 22.3 Å². The van der Waals surface area contributed by atoms with Gasteiger partial charge in [-0.05, 0) is 37.6 Å². The molecular formula is C14H13FN2O2S2. The fraction of sp³-hybridized carbons (Fsp3) is 0.214. The van der Waals surface area contributed by atoms with Crippen LogP contribution in [0.25, 0.3) is 0 Å². The molecule has 1 aromatic carbocycles. The van der Waals surface area contributed by atoms with Crippen LogP contribution in [0.2, 0.25) is 0 Å². The van der Waals surface area contributed by atoms with E-state index in [0.29, 0.717) is 0 Å². The number of halogens is 1. The van der Waals surface area contributed by atoms with Gasteiger partial charge in [-0.2, -0.15) is 5.26 Å². The van der Waals surface area contributed by atoms with Gasteiger partial charge >= 0.3 is 0 Å². The summed E-state index contributed by atoms with van der Waals surface area (Å²) < 4.78 is 40.3. The highest BCUT2D eigenvalue weighted by molar-refractivity contribution is 7.89. The minimum Gasteiger partial charge on any atom is -0.207 e. The molecule has 0 radical (unpaired) electrons. The van der Waals surface area contributed by atoms with Crippen molar-refractivity contribution in [1.82, 2.24) is 4.72 Å². The molecular weight excluding hydrogens is 311 g/mol. The number of thiophene rings is 1. The fourth-order valence-electron chi connectivity index (χ4n) is 1.82. The van der Waals surface area contributed by atoms with Crippen molar-refractivity contribution in [2.45, 2.75) is 25.3 Å². The normalized spacial score (nSPS) is 11.3. The number of aryl methyl sites for hydroxylation is 2. The summed E-state index contributed by atoms with van der Waals surface area (Å²) in [7, 11) is -3.93. The number of sulfonamides is 1. The van der Waals surface area contributed by atoms with Gasteiger partial charge < -0.3 is 0 Å². The number of nitriles is 1. The van der Waals surface area contributed by atoms with E-state index in [-0.39, 0.29) is 11.4 Å². The molecule has 0 spiro atoms. The maximum atomic E-state index is 13.5. The van der Waals surface area contributed by atoms with Crippen LogP contribution in [-0.2, 0) is 16.6 Å². The Kier molecular flexibility index (Phi) is 4.42. The SMILES string of the molecule is Cc1cc(CNS(=O)(=O)c2cccc(F)c2C#N)sc1C. The first-order valence-corrected chi connectivity index (χ1v) is 8.39. The molecule has 0 aliphatic heterocycles. The maximum absolute atomic E-state index is 13.5. The first kappa shape index (κ1) is 15.6. The lowest BCUT2D eigenvalue weighted by molar-refractivity contribution is 0.576. The summed E-state index contributed by atoms with van der Waals surface area (Å²) in [6.45, 7) is 4.02. The molecule has 110 valence electrons. The van der Waals surface area contributed by atoms with Gasteiger partial charge in [0.15, 0.2) is 0 Å². The van der Waals surface area contributed by atoms with Crippen molar-refractivity contribution in [3.8, 4) is 6.07 Å². The summed E-state index contributed by atoms with van der Waals surface area (Å²) in [5, 5.41) is 8.91. The van der Waals surface area contributed by atoms with E-state index in [0.717, 1.165) is 21.4 Å². The highest BCUT2D eigenvalue weighted by atomic mass is 32.2. The van der Waals surface area contributed by atoms with Gasteiger partial charge in [0.05, 0.1) is 0 Å². The average molecular weight is 324 g/mol. The Bertz CT molecular complexity index is 800. The fourth-order valence-corrected chi connectivity index (χ4v) is 4.07. The molecule has 4 nitrogen and oxygen atoms in total. The lowest BCUT2D eigenvalue weighted by Gasteiger charge is -2.07. The average Bonchev–Trinajstić information content (AvgIpc) is 2.75. The third-order valence-corrected chi connectivity index (χ3v) is 5.63. The molecule has 0 saturated heterocycles. The van der Waals surface area contributed by atoms with Crippen LogP contribution in [-0.4, -0.2) is 8.42 Å². The van der Waals surface area contributed by atoms with Gasteiger partial charge in [-0.25, -0.2) is 17.5 Å². The first-order chi connectivity index (χ1) is 9.85. The second-order valence-corrected chi connectivity index (χ2v) is 7.58. The predicted molar refractivity (Wildman–Crippen MR) is 78.9 cm³/mol. The standard InChI is InChI=1S/C14H13FN2O2S2/c1-9-6-11(20-10(9)2)8-17-21(18,19)14-5-3-4-13(15)12(14)7-16/h3-6,17H,8H2,1-2H3. The summed E-state index contributed by atoms with van der Waals surface area (Å²) in [4.78, 5) is 1.64. The van der Waals surface area contributed by atoms with Gasteiger partial charge in [0.2, 0.25) is 10.0 Å². The van der Waals surface area contributed by atoms with E-state index in [1.54, 1.807) is 6.07 Å². The summed E-state index contributed by atoms with van der Waals surface area (Å²) in [6.07, 6.45) is 0. The Morgan fingerprint density at radius 2 is 2.10 bits per heavy atom. The Balaban J connectivity index is 2.27. The second kappa shape index (κ2) is 5.93. The molecule has 7 heteroatoms. The van der Waals surface area contributed by atoms with Crippen LogP contribution < -0.4 is 4.72 Å². The summed E-state index contributed by atoms with van der Waals surface area (Å²) in [5.74, 6) is -0.844. The van der Waals surface area contributed by atoms with Crippen molar-refractivity contribution in [1.29, 1.82) is 5.26 Å². The van der Waals surface area contributed by atoms with Crippen LogP contribution in [0.15, 0.2) is 29.2 Å². The van der Waals surface area contributed by atoms with E-state index >= 15 is 0 Å². The van der Waals surface area contributed by atoms with Crippen molar-refractivity contribution in [3.63, 3.8) is 0 Å². The van der Waals surface area contributed by atoms with Gasteiger partial charge in [-0.3, -0.25) is 0 Å². The first-order valence-electron chi connectivity index (χ1n) is 6.09. The van der Waals surface area contributed by atoms with Gasteiger partial charge in [-0.1, -0.05) is 6.07 Å². The lowest BCUT2D eigenvalue weighted by Crippen LogP contribution is -2.24. The third kappa shape index (κ3) is 3.29. The van der Waals surface area contributed by atoms with E-state index in [2.05, 4.69) is 4.72 Å². The monoisotopic (exact) mass is 324 g/mol. The smallest absolute Gasteiger partial charge is 0.207 e. The molecule has 1 aromatic heterocycles. The Morgan fingerprint density at radius 3 is 2.67 bits per heavy atom. The zero-order valence-electron chi connectivity index (χ0n) is 11.5. The highest BCUT2D eigenvalue weighted by Gasteiger charge is 2.21. The number of hydrogen-bond acceptors (Lipinski definition) is 4. The van der Waals surface area contributed by atoms with E-state index in [9.17, 15) is 12.8 Å². The van der Waals surface area contributed by atoms with E-state index < -0.39 is 21.4 Å². The molecule has 0 unspecified atom stereocenters. The lowest BCUT2D eigenvalue weighted by atomic mass is 10.2. The number of hydrogen-bond donors (Lipinski definition) is 1. The molecule has 1 heterocycles. The molecule has 0 bridgehead atoms. The number of benzene rings is 1. The van der Waals surface area contributed by atoms with Gasteiger partial charge in [0.25, 0.3) is 0 Å². The van der Waals surface area contributed by atoms with Crippen LogP contribution >= 0.6 is 11.3 Å². The van der Waals surface area contributed by atoms with E-state index in [4.69, 9.17) is 5.26 Å². The van der Waals surface area contributed by atoms with Crippen LogP contribution in [0, 0.1) is 31.0 Å². The number of rotatable bonds is 4. The molecule has 2 rings (SSSR count). The minimum atomic E-state index is -3.93.